The van der Waals surface area contributed by atoms with Gasteiger partial charge in [-0.1, -0.05) is 40.7 Å². The van der Waals surface area contributed by atoms with Crippen molar-refractivity contribution in [2.75, 3.05) is 7.11 Å². The first-order chi connectivity index (χ1) is 7.31. The molecule has 1 nitrogen and oxygen atoms in total. The highest BCUT2D eigenvalue weighted by atomic mass is 16.5. The minimum Gasteiger partial charge on any atom is -0.497 e. The molecule has 1 unspecified atom stereocenters. The van der Waals surface area contributed by atoms with Crippen LogP contribution in [-0.4, -0.2) is 7.11 Å². The van der Waals surface area contributed by atoms with Crippen LogP contribution in [0, 0.1) is 5.92 Å². The van der Waals surface area contributed by atoms with Crippen molar-refractivity contribution in [2.24, 2.45) is 5.92 Å². The summed E-state index contributed by atoms with van der Waals surface area (Å²) in [5.74, 6) is 1.61. The third kappa shape index (κ3) is 1.30. The fraction of sp³-hybridized carbons (Fsp3) is 0.600. The van der Waals surface area contributed by atoms with Crippen LogP contribution in [0.2, 0.25) is 0 Å². The van der Waals surface area contributed by atoms with E-state index in [0.29, 0.717) is 5.92 Å². The molecule has 0 spiro atoms. The van der Waals surface area contributed by atoms with Gasteiger partial charge in [-0.3, -0.25) is 0 Å². The minimum absolute atomic E-state index is 0.230. The van der Waals surface area contributed by atoms with E-state index in [2.05, 4.69) is 52.8 Å². The lowest BCUT2D eigenvalue weighted by Crippen LogP contribution is -2.30. The van der Waals surface area contributed by atoms with Gasteiger partial charge in [-0.2, -0.15) is 0 Å². The Hall–Kier alpha value is -0.980. The predicted octanol–water partition coefficient (Wildman–Crippen LogP) is 3.90. The van der Waals surface area contributed by atoms with Gasteiger partial charge in [0.1, 0.15) is 5.75 Å². The summed E-state index contributed by atoms with van der Waals surface area (Å²) in [6, 6.07) is 6.52. The summed E-state index contributed by atoms with van der Waals surface area (Å²) >= 11 is 0. The standard InChI is InChI=1S/C15H22O/c1-10-14(2,3)12-8-7-11(16-6)9-13(12)15(10,4)5/h7-10H,1-6H3. The highest BCUT2D eigenvalue weighted by Crippen LogP contribution is 2.54. The van der Waals surface area contributed by atoms with Crippen LogP contribution in [0.4, 0.5) is 0 Å². The van der Waals surface area contributed by atoms with Crippen molar-refractivity contribution in [3.05, 3.63) is 29.3 Å². The molecule has 0 N–H and O–H groups in total. The molecule has 0 radical (unpaired) electrons. The summed E-state index contributed by atoms with van der Waals surface area (Å²) in [6.45, 7) is 11.7. The molecule has 0 heterocycles. The van der Waals surface area contributed by atoms with Crippen LogP contribution in [-0.2, 0) is 10.8 Å². The van der Waals surface area contributed by atoms with E-state index in [9.17, 15) is 0 Å². The first kappa shape index (κ1) is 11.5. The average molecular weight is 218 g/mol. The van der Waals surface area contributed by atoms with Crippen molar-refractivity contribution in [1.82, 2.24) is 0 Å². The average Bonchev–Trinajstić information content (AvgIpc) is 2.38. The van der Waals surface area contributed by atoms with Crippen molar-refractivity contribution >= 4 is 0 Å². The molecule has 1 heteroatoms. The van der Waals surface area contributed by atoms with E-state index >= 15 is 0 Å². The molecule has 0 aromatic heterocycles. The normalized spacial score (nSPS) is 25.2. The quantitative estimate of drug-likeness (QED) is 0.694. The Morgan fingerprint density at radius 3 is 2.12 bits per heavy atom. The molecule has 2 rings (SSSR count). The van der Waals surface area contributed by atoms with Crippen LogP contribution in [0.1, 0.15) is 45.7 Å². The molecule has 0 bridgehead atoms. The highest BCUT2D eigenvalue weighted by molar-refractivity contribution is 5.49. The maximum Gasteiger partial charge on any atom is 0.119 e. The van der Waals surface area contributed by atoms with Crippen LogP contribution < -0.4 is 4.74 Å². The van der Waals surface area contributed by atoms with Gasteiger partial charge in [0.2, 0.25) is 0 Å². The largest absolute Gasteiger partial charge is 0.497 e. The van der Waals surface area contributed by atoms with Crippen molar-refractivity contribution in [3.8, 4) is 5.75 Å². The third-order valence-corrected chi connectivity index (χ3v) is 4.78. The van der Waals surface area contributed by atoms with Crippen LogP contribution in [0.5, 0.6) is 5.75 Å². The summed E-state index contributed by atoms with van der Waals surface area (Å²) < 4.78 is 5.34. The van der Waals surface area contributed by atoms with Crippen molar-refractivity contribution < 1.29 is 4.74 Å². The Morgan fingerprint density at radius 1 is 1.00 bits per heavy atom. The second-order valence-corrected chi connectivity index (χ2v) is 6.08. The number of fused-ring (bicyclic) bond motifs is 1. The van der Waals surface area contributed by atoms with E-state index in [4.69, 9.17) is 4.74 Å². The molecule has 0 saturated heterocycles. The molecule has 0 fully saturated rings. The van der Waals surface area contributed by atoms with Gasteiger partial charge in [0.15, 0.2) is 0 Å². The number of ether oxygens (including phenoxy) is 1. The zero-order chi connectivity index (χ0) is 12.1. The van der Waals surface area contributed by atoms with Gasteiger partial charge in [0, 0.05) is 0 Å². The summed E-state index contributed by atoms with van der Waals surface area (Å²) in [5.41, 5.74) is 3.41. The molecule has 0 amide bonds. The van der Waals surface area contributed by atoms with Gasteiger partial charge in [-0.05, 0) is 40.0 Å². The van der Waals surface area contributed by atoms with E-state index in [1.165, 1.54) is 11.1 Å². The maximum absolute atomic E-state index is 5.34. The fourth-order valence-corrected chi connectivity index (χ4v) is 3.11. The third-order valence-electron chi connectivity index (χ3n) is 4.78. The number of rotatable bonds is 1. The van der Waals surface area contributed by atoms with E-state index in [-0.39, 0.29) is 10.8 Å². The summed E-state index contributed by atoms with van der Waals surface area (Å²) in [6.07, 6.45) is 0. The Balaban J connectivity index is 2.65. The van der Waals surface area contributed by atoms with E-state index in [1.807, 2.05) is 0 Å². The van der Waals surface area contributed by atoms with Gasteiger partial charge in [0.25, 0.3) is 0 Å². The molecule has 1 aromatic rings. The van der Waals surface area contributed by atoms with E-state index in [1.54, 1.807) is 7.11 Å². The number of hydrogen-bond donors (Lipinski definition) is 0. The fourth-order valence-electron chi connectivity index (χ4n) is 3.11. The van der Waals surface area contributed by atoms with Gasteiger partial charge in [0.05, 0.1) is 7.11 Å². The lowest BCUT2D eigenvalue weighted by Gasteiger charge is -2.32. The zero-order valence-electron chi connectivity index (χ0n) is 11.2. The van der Waals surface area contributed by atoms with Crippen molar-refractivity contribution in [1.29, 1.82) is 0 Å². The molecular formula is C15H22O. The highest BCUT2D eigenvalue weighted by Gasteiger charge is 2.48. The van der Waals surface area contributed by atoms with Crippen LogP contribution in [0.3, 0.4) is 0 Å². The smallest absolute Gasteiger partial charge is 0.119 e. The topological polar surface area (TPSA) is 9.23 Å². The second kappa shape index (κ2) is 3.26. The number of benzene rings is 1. The first-order valence-corrected chi connectivity index (χ1v) is 6.01. The molecule has 1 aromatic carbocycles. The Labute approximate surface area is 98.8 Å². The lowest BCUT2D eigenvalue weighted by molar-refractivity contribution is 0.264. The molecule has 1 atom stereocenters. The van der Waals surface area contributed by atoms with Crippen molar-refractivity contribution in [3.63, 3.8) is 0 Å². The molecule has 16 heavy (non-hydrogen) atoms. The van der Waals surface area contributed by atoms with Crippen molar-refractivity contribution in [2.45, 2.75) is 45.4 Å². The van der Waals surface area contributed by atoms with Gasteiger partial charge < -0.3 is 4.74 Å². The summed E-state index contributed by atoms with van der Waals surface area (Å²) in [4.78, 5) is 0. The SMILES string of the molecule is COc1ccc2c(c1)C(C)(C)C(C)C2(C)C. The van der Waals surface area contributed by atoms with Gasteiger partial charge >= 0.3 is 0 Å². The molecule has 0 aliphatic heterocycles. The van der Waals surface area contributed by atoms with Crippen LogP contribution >= 0.6 is 0 Å². The monoisotopic (exact) mass is 218 g/mol. The zero-order valence-corrected chi connectivity index (χ0v) is 11.2. The molecule has 1 aliphatic rings. The summed E-state index contributed by atoms with van der Waals surface area (Å²) in [5, 5.41) is 0. The minimum atomic E-state index is 0.230. The Morgan fingerprint density at radius 2 is 1.56 bits per heavy atom. The van der Waals surface area contributed by atoms with Crippen LogP contribution in [0.15, 0.2) is 18.2 Å². The maximum atomic E-state index is 5.34. The van der Waals surface area contributed by atoms with Crippen LogP contribution in [0.25, 0.3) is 0 Å². The molecular weight excluding hydrogens is 196 g/mol. The van der Waals surface area contributed by atoms with Gasteiger partial charge in [-0.15, -0.1) is 0 Å². The number of methoxy groups -OCH3 is 1. The Kier molecular flexibility index (Phi) is 2.34. The molecule has 0 saturated carbocycles. The number of hydrogen-bond acceptors (Lipinski definition) is 1. The van der Waals surface area contributed by atoms with Gasteiger partial charge in [-0.25, -0.2) is 0 Å². The Bertz CT molecular complexity index is 415. The predicted molar refractivity (Wildman–Crippen MR) is 68.2 cm³/mol. The summed E-state index contributed by atoms with van der Waals surface area (Å²) in [7, 11) is 1.73. The van der Waals surface area contributed by atoms with E-state index in [0.717, 1.165) is 5.75 Å². The molecule has 88 valence electrons. The van der Waals surface area contributed by atoms with E-state index < -0.39 is 0 Å². The second-order valence-electron chi connectivity index (χ2n) is 6.08. The molecule has 1 aliphatic carbocycles. The lowest BCUT2D eigenvalue weighted by atomic mass is 9.71. The first-order valence-electron chi connectivity index (χ1n) is 6.01.